The maximum atomic E-state index is 5.91. The molecular weight excluding hydrogens is 300 g/mol. The second-order valence-corrected chi connectivity index (χ2v) is 7.86. The second kappa shape index (κ2) is 6.93. The van der Waals surface area contributed by atoms with E-state index in [1.807, 2.05) is 18.5 Å². The van der Waals surface area contributed by atoms with Gasteiger partial charge in [-0.05, 0) is 43.5 Å². The van der Waals surface area contributed by atoms with Crippen LogP contribution in [0.1, 0.15) is 44.4 Å². The number of aromatic nitrogens is 2. The highest BCUT2D eigenvalue weighted by Gasteiger charge is 2.25. The van der Waals surface area contributed by atoms with Crippen LogP contribution in [-0.4, -0.2) is 34.5 Å². The van der Waals surface area contributed by atoms with E-state index in [9.17, 15) is 0 Å². The zero-order valence-corrected chi connectivity index (χ0v) is 15.2. The molecule has 5 heteroatoms. The smallest absolute Gasteiger partial charge is 0.208 e. The van der Waals surface area contributed by atoms with Crippen LogP contribution in [0.2, 0.25) is 0 Å². The molecule has 2 aromatic rings. The minimum Gasteiger partial charge on any atom is -0.444 e. The molecule has 3 heterocycles. The van der Waals surface area contributed by atoms with Gasteiger partial charge in [0.2, 0.25) is 5.89 Å². The molecule has 0 saturated carbocycles. The fourth-order valence-corrected chi connectivity index (χ4v) is 3.03. The van der Waals surface area contributed by atoms with Crippen molar-refractivity contribution in [1.82, 2.24) is 14.9 Å². The first-order valence-electron chi connectivity index (χ1n) is 8.74. The molecule has 0 amide bonds. The molecule has 0 radical (unpaired) electrons. The minimum absolute atomic E-state index is 0.0174. The summed E-state index contributed by atoms with van der Waals surface area (Å²) in [5, 5.41) is 3.46. The van der Waals surface area contributed by atoms with Crippen LogP contribution in [0.15, 0.2) is 28.9 Å². The van der Waals surface area contributed by atoms with Crippen molar-refractivity contribution in [2.24, 2.45) is 5.92 Å². The third-order valence-electron chi connectivity index (χ3n) is 4.51. The summed E-state index contributed by atoms with van der Waals surface area (Å²) in [6.45, 7) is 12.5. The molecule has 130 valence electrons. The number of likely N-dealkylation sites (tertiary alicyclic amines) is 1. The first-order valence-corrected chi connectivity index (χ1v) is 8.74. The summed E-state index contributed by atoms with van der Waals surface area (Å²) in [5.74, 6) is 3.40. The average molecular weight is 328 g/mol. The highest BCUT2D eigenvalue weighted by atomic mass is 16.4. The van der Waals surface area contributed by atoms with Crippen LogP contribution >= 0.6 is 0 Å². The summed E-state index contributed by atoms with van der Waals surface area (Å²) < 4.78 is 5.91. The average Bonchev–Trinajstić information content (AvgIpc) is 3.15. The number of hydrogen-bond donors (Lipinski definition) is 1. The van der Waals surface area contributed by atoms with E-state index in [0.29, 0.717) is 5.92 Å². The van der Waals surface area contributed by atoms with Crippen molar-refractivity contribution in [2.45, 2.75) is 46.1 Å². The van der Waals surface area contributed by atoms with Gasteiger partial charge >= 0.3 is 0 Å². The fraction of sp³-hybridized carbons (Fsp3) is 0.579. The second-order valence-electron chi connectivity index (χ2n) is 7.86. The molecule has 24 heavy (non-hydrogen) atoms. The molecule has 2 aromatic heterocycles. The molecule has 0 bridgehead atoms. The van der Waals surface area contributed by atoms with Crippen LogP contribution < -0.4 is 5.32 Å². The Labute approximate surface area is 144 Å². The molecule has 1 aliphatic heterocycles. The number of hydrogen-bond acceptors (Lipinski definition) is 5. The van der Waals surface area contributed by atoms with E-state index in [0.717, 1.165) is 43.6 Å². The molecule has 0 aliphatic carbocycles. The van der Waals surface area contributed by atoms with Gasteiger partial charge in [-0.2, -0.15) is 0 Å². The summed E-state index contributed by atoms with van der Waals surface area (Å²) >= 11 is 0. The van der Waals surface area contributed by atoms with E-state index in [-0.39, 0.29) is 5.41 Å². The predicted octanol–water partition coefficient (Wildman–Crippen LogP) is 3.61. The lowest BCUT2D eigenvalue weighted by molar-refractivity contribution is 0.270. The van der Waals surface area contributed by atoms with Crippen molar-refractivity contribution in [3.05, 3.63) is 41.7 Å². The first kappa shape index (κ1) is 17.0. The van der Waals surface area contributed by atoms with Gasteiger partial charge in [-0.3, -0.25) is 4.90 Å². The third-order valence-corrected chi connectivity index (χ3v) is 4.51. The van der Waals surface area contributed by atoms with Gasteiger partial charge < -0.3 is 9.73 Å². The lowest BCUT2D eigenvalue weighted by Crippen LogP contribution is -2.23. The highest BCUT2D eigenvalue weighted by molar-refractivity contribution is 5.36. The fourth-order valence-electron chi connectivity index (χ4n) is 3.03. The summed E-state index contributed by atoms with van der Waals surface area (Å²) in [6.07, 6.45) is 4.92. The molecule has 0 unspecified atom stereocenters. The zero-order valence-electron chi connectivity index (χ0n) is 15.2. The molecule has 1 saturated heterocycles. The number of aryl methyl sites for hydroxylation is 1. The minimum atomic E-state index is 0.0174. The Balaban J connectivity index is 1.48. The van der Waals surface area contributed by atoms with Crippen molar-refractivity contribution >= 4 is 5.82 Å². The van der Waals surface area contributed by atoms with Crippen molar-refractivity contribution < 1.29 is 4.42 Å². The van der Waals surface area contributed by atoms with Gasteiger partial charge in [-0.25, -0.2) is 9.97 Å². The number of rotatable bonds is 5. The quantitative estimate of drug-likeness (QED) is 0.908. The Bertz CT molecular complexity index is 674. The predicted molar refractivity (Wildman–Crippen MR) is 96.1 cm³/mol. The van der Waals surface area contributed by atoms with Crippen molar-refractivity contribution in [1.29, 1.82) is 0 Å². The number of oxazole rings is 1. The van der Waals surface area contributed by atoms with Crippen molar-refractivity contribution in [2.75, 3.05) is 25.0 Å². The van der Waals surface area contributed by atoms with Crippen molar-refractivity contribution in [3.8, 4) is 0 Å². The Kier molecular flexibility index (Phi) is 4.90. The van der Waals surface area contributed by atoms with Crippen LogP contribution in [-0.2, 0) is 12.0 Å². The standard InChI is InChI=1S/C19H28N4O/c1-14-5-7-20-17(9-14)21-10-15-6-8-23(12-15)13-18-22-11-16(24-18)19(2,3)4/h5,7,9,11,15H,6,8,10,12-13H2,1-4H3,(H,20,21)/t15-/m1/s1. The third kappa shape index (κ3) is 4.35. The van der Waals surface area contributed by atoms with Gasteiger partial charge in [-0.1, -0.05) is 20.8 Å². The van der Waals surface area contributed by atoms with E-state index >= 15 is 0 Å². The van der Waals surface area contributed by atoms with Gasteiger partial charge in [0.15, 0.2) is 0 Å². The largest absolute Gasteiger partial charge is 0.444 e. The summed E-state index contributed by atoms with van der Waals surface area (Å²) in [5.41, 5.74) is 1.25. The molecule has 1 N–H and O–H groups in total. The van der Waals surface area contributed by atoms with Crippen LogP contribution in [0.5, 0.6) is 0 Å². The Morgan fingerprint density at radius 1 is 1.33 bits per heavy atom. The molecule has 5 nitrogen and oxygen atoms in total. The number of nitrogens with one attached hydrogen (secondary N) is 1. The summed E-state index contributed by atoms with van der Waals surface area (Å²) in [7, 11) is 0. The zero-order chi connectivity index (χ0) is 17.2. The van der Waals surface area contributed by atoms with Crippen LogP contribution in [0.25, 0.3) is 0 Å². The molecule has 0 aromatic carbocycles. The van der Waals surface area contributed by atoms with Gasteiger partial charge in [0.1, 0.15) is 11.6 Å². The SMILES string of the molecule is Cc1ccnc(NC[C@H]2CCN(Cc3ncc(C(C)(C)C)o3)C2)c1. The molecule has 1 fully saturated rings. The van der Waals surface area contributed by atoms with E-state index in [4.69, 9.17) is 4.42 Å². The van der Waals surface area contributed by atoms with Gasteiger partial charge in [0.05, 0.1) is 12.7 Å². The Morgan fingerprint density at radius 2 is 2.17 bits per heavy atom. The highest BCUT2D eigenvalue weighted by Crippen LogP contribution is 2.24. The monoisotopic (exact) mass is 328 g/mol. The van der Waals surface area contributed by atoms with E-state index in [2.05, 4.69) is 53.9 Å². The summed E-state index contributed by atoms with van der Waals surface area (Å²) in [4.78, 5) is 11.2. The maximum Gasteiger partial charge on any atom is 0.208 e. The lowest BCUT2D eigenvalue weighted by atomic mass is 9.94. The van der Waals surface area contributed by atoms with E-state index in [1.54, 1.807) is 0 Å². The molecule has 0 spiro atoms. The summed E-state index contributed by atoms with van der Waals surface area (Å²) in [6, 6.07) is 4.11. The van der Waals surface area contributed by atoms with Gasteiger partial charge in [0, 0.05) is 24.7 Å². The van der Waals surface area contributed by atoms with Crippen molar-refractivity contribution in [3.63, 3.8) is 0 Å². The number of nitrogens with zero attached hydrogens (tertiary/aromatic N) is 3. The first-order chi connectivity index (χ1) is 11.4. The van der Waals surface area contributed by atoms with Gasteiger partial charge in [0.25, 0.3) is 0 Å². The molecule has 1 aliphatic rings. The topological polar surface area (TPSA) is 54.2 Å². The molecule has 1 atom stereocenters. The lowest BCUT2D eigenvalue weighted by Gasteiger charge is -2.16. The maximum absolute atomic E-state index is 5.91. The van der Waals surface area contributed by atoms with Crippen LogP contribution in [0.3, 0.4) is 0 Å². The normalized spacial score (nSPS) is 18.9. The van der Waals surface area contributed by atoms with Crippen LogP contribution in [0.4, 0.5) is 5.82 Å². The van der Waals surface area contributed by atoms with E-state index < -0.39 is 0 Å². The van der Waals surface area contributed by atoms with Gasteiger partial charge in [-0.15, -0.1) is 0 Å². The number of anilines is 1. The Morgan fingerprint density at radius 3 is 2.88 bits per heavy atom. The van der Waals surface area contributed by atoms with Crippen LogP contribution in [0, 0.1) is 12.8 Å². The Hall–Kier alpha value is -1.88. The van der Waals surface area contributed by atoms with E-state index in [1.165, 1.54) is 12.0 Å². The molecular formula is C19H28N4O. The number of pyridine rings is 1. The molecule has 3 rings (SSSR count).